The fourth-order valence-electron chi connectivity index (χ4n) is 6.86. The summed E-state index contributed by atoms with van der Waals surface area (Å²) in [6.07, 6.45) is 8.41. The first-order valence-electron chi connectivity index (χ1n) is 22.0. The Morgan fingerprint density at radius 3 is 2.20 bits per heavy atom. The lowest BCUT2D eigenvalue weighted by atomic mass is 9.87. The molecular weight excluding hydrogens is 951 g/mol. The van der Waals surface area contributed by atoms with Gasteiger partial charge in [0.25, 0.3) is 0 Å². The highest BCUT2D eigenvalue weighted by atomic mass is 32.2. The van der Waals surface area contributed by atoms with Gasteiger partial charge in [-0.3, -0.25) is 32.5 Å². The molecule has 66 heavy (non-hydrogen) atoms. The van der Waals surface area contributed by atoms with Crippen LogP contribution in [0.3, 0.4) is 0 Å². The van der Waals surface area contributed by atoms with Crippen LogP contribution in [0.2, 0.25) is 0 Å². The number of carbonyl (C=O) groups is 3. The number of nitrogens with zero attached hydrogens (tertiary/aromatic N) is 4. The summed E-state index contributed by atoms with van der Waals surface area (Å²) < 4.78 is 62.4. The van der Waals surface area contributed by atoms with Crippen LogP contribution in [0.15, 0.2) is 12.7 Å². The Hall–Kier alpha value is -2.44. The third-order valence-electron chi connectivity index (χ3n) is 10.7. The number of hydrogen-bond acceptors (Lipinski definition) is 18. The van der Waals surface area contributed by atoms with Gasteiger partial charge in [0.15, 0.2) is 22.8 Å². The van der Waals surface area contributed by atoms with E-state index in [-0.39, 0.29) is 41.6 Å². The third-order valence-corrected chi connectivity index (χ3v) is 14.7. The van der Waals surface area contributed by atoms with Gasteiger partial charge < -0.3 is 50.9 Å². The minimum Gasteiger partial charge on any atom is -0.386 e. The molecule has 0 aromatic carbocycles. The number of unbranched alkanes of at least 4 members (excludes halogenated alkanes) is 9. The Morgan fingerprint density at radius 1 is 0.909 bits per heavy atom. The molecule has 2 aromatic rings. The van der Waals surface area contributed by atoms with Gasteiger partial charge in [0.05, 0.1) is 19.5 Å². The number of carbonyl (C=O) groups excluding carboxylic acids is 3. The second kappa shape index (κ2) is 27.7. The maximum atomic E-state index is 12.7. The SMILES string of the molecule is CCCCCCCCCCCCC(C)CCC(=O)SCCNC(=O)CCNC(=O)C(O)C(C)(C)COP(=O)(O)OP(=O)(O)OCC1OC(n2cnc3c(N)ncnc32)C(O)C1OP(=O)(O)O. The van der Waals surface area contributed by atoms with Crippen LogP contribution in [-0.4, -0.2) is 123 Å². The number of amides is 2. The highest BCUT2D eigenvalue weighted by Crippen LogP contribution is 2.61. The highest BCUT2D eigenvalue weighted by Gasteiger charge is 2.50. The first-order valence-corrected chi connectivity index (χ1v) is 27.5. The zero-order valence-electron chi connectivity index (χ0n) is 37.8. The molecule has 8 atom stereocenters. The molecule has 3 heterocycles. The van der Waals surface area contributed by atoms with Crippen molar-refractivity contribution in [1.29, 1.82) is 0 Å². The Labute approximate surface area is 388 Å². The van der Waals surface area contributed by atoms with Crippen LogP contribution in [0.5, 0.6) is 0 Å². The molecular formula is C38H68N7O17P3S. The van der Waals surface area contributed by atoms with Gasteiger partial charge >= 0.3 is 23.5 Å². The second-order valence-corrected chi connectivity index (χ2v) is 22.3. The standard InChI is InChI=1S/C38H68N7O17P3S/c1-5-6-7-8-9-10-11-12-13-14-15-26(2)16-17-29(47)66-21-20-40-28(46)18-19-41-36(50)33(49)38(3,4)23-59-65(56,57)62-64(54,55)58-22-27-32(61-63(51,52)53)31(48)37(60-27)45-25-44-30-34(39)42-24-43-35(30)45/h24-27,31-33,37,48-49H,5-23H2,1-4H3,(H,40,46)(H,41,50)(H,54,55)(H,56,57)(H2,39,42,43)(H2,51,52,53). The van der Waals surface area contributed by atoms with Gasteiger partial charge in [-0.1, -0.05) is 110 Å². The number of nitrogens with one attached hydrogen (secondary N) is 2. The van der Waals surface area contributed by atoms with Crippen molar-refractivity contribution < 1.29 is 80.5 Å². The van der Waals surface area contributed by atoms with Crippen LogP contribution in [0.25, 0.3) is 11.2 Å². The smallest absolute Gasteiger partial charge is 0.386 e. The molecule has 10 N–H and O–H groups in total. The van der Waals surface area contributed by atoms with Crippen molar-refractivity contribution in [2.45, 2.75) is 148 Å². The van der Waals surface area contributed by atoms with E-state index < -0.39 is 84.6 Å². The highest BCUT2D eigenvalue weighted by molar-refractivity contribution is 8.13. The van der Waals surface area contributed by atoms with E-state index in [1.54, 1.807) is 0 Å². The molecule has 2 aromatic heterocycles. The first-order chi connectivity index (χ1) is 30.9. The number of phosphoric acid groups is 3. The van der Waals surface area contributed by atoms with Gasteiger partial charge in [-0.2, -0.15) is 4.31 Å². The maximum absolute atomic E-state index is 12.7. The fourth-order valence-corrected chi connectivity index (χ4v) is 10.4. The number of ether oxygens (including phenoxy) is 1. The van der Waals surface area contributed by atoms with Crippen molar-refractivity contribution in [2.24, 2.45) is 11.3 Å². The minimum atomic E-state index is -5.57. The van der Waals surface area contributed by atoms with E-state index >= 15 is 0 Å². The van der Waals surface area contributed by atoms with Crippen molar-refractivity contribution in [1.82, 2.24) is 30.2 Å². The monoisotopic (exact) mass is 1020 g/mol. The molecule has 1 saturated heterocycles. The van der Waals surface area contributed by atoms with Gasteiger partial charge in [-0.15, -0.1) is 0 Å². The van der Waals surface area contributed by atoms with Crippen LogP contribution < -0.4 is 16.4 Å². The van der Waals surface area contributed by atoms with E-state index in [1.165, 1.54) is 78.1 Å². The van der Waals surface area contributed by atoms with Crippen LogP contribution in [0.1, 0.15) is 124 Å². The Balaban J connectivity index is 1.33. The number of aliphatic hydroxyl groups is 2. The fraction of sp³-hybridized carbons (Fsp3) is 0.789. The molecule has 8 unspecified atom stereocenters. The van der Waals surface area contributed by atoms with Crippen molar-refractivity contribution in [3.05, 3.63) is 12.7 Å². The molecule has 378 valence electrons. The number of nitrogens with two attached hydrogens (primary N) is 1. The zero-order chi connectivity index (χ0) is 49.1. The topological polar surface area (TPSA) is 364 Å². The maximum Gasteiger partial charge on any atom is 0.481 e. The molecule has 1 aliphatic rings. The predicted molar refractivity (Wildman–Crippen MR) is 242 cm³/mol. The number of fused-ring (bicyclic) bond motifs is 1. The molecule has 0 saturated carbocycles. The summed E-state index contributed by atoms with van der Waals surface area (Å²) in [5, 5.41) is 26.7. The van der Waals surface area contributed by atoms with Crippen LogP contribution in [0.4, 0.5) is 5.82 Å². The summed E-state index contributed by atoms with van der Waals surface area (Å²) in [5.41, 5.74) is 4.29. The summed E-state index contributed by atoms with van der Waals surface area (Å²) in [5.74, 6) is -0.555. The largest absolute Gasteiger partial charge is 0.481 e. The van der Waals surface area contributed by atoms with E-state index in [0.29, 0.717) is 18.1 Å². The number of thioether (sulfide) groups is 1. The number of imidazole rings is 1. The van der Waals surface area contributed by atoms with E-state index in [0.717, 1.165) is 41.8 Å². The molecule has 24 nitrogen and oxygen atoms in total. The van der Waals surface area contributed by atoms with Crippen LogP contribution in [0, 0.1) is 11.3 Å². The van der Waals surface area contributed by atoms with Gasteiger partial charge in [0.1, 0.15) is 36.3 Å². The Kier molecular flexibility index (Phi) is 24.3. The third kappa shape index (κ3) is 20.7. The lowest BCUT2D eigenvalue weighted by molar-refractivity contribution is -0.137. The number of phosphoric ester groups is 3. The normalized spacial score (nSPS) is 20.7. The van der Waals surface area contributed by atoms with Gasteiger partial charge in [-0.25, -0.2) is 28.6 Å². The average Bonchev–Trinajstić information content (AvgIpc) is 3.80. The summed E-state index contributed by atoms with van der Waals surface area (Å²) in [7, 11) is -16.4. The molecule has 1 fully saturated rings. The first kappa shape index (κ1) is 57.9. The molecule has 0 aliphatic carbocycles. The average molecular weight is 1020 g/mol. The molecule has 0 spiro atoms. The van der Waals surface area contributed by atoms with Gasteiger partial charge in [0, 0.05) is 37.1 Å². The number of nitrogen functional groups attached to an aromatic ring is 1. The zero-order valence-corrected chi connectivity index (χ0v) is 41.3. The lowest BCUT2D eigenvalue weighted by Gasteiger charge is -2.30. The summed E-state index contributed by atoms with van der Waals surface area (Å²) in [6.45, 7) is 4.97. The molecule has 1 aliphatic heterocycles. The Morgan fingerprint density at radius 2 is 1.55 bits per heavy atom. The Bertz CT molecular complexity index is 2000. The van der Waals surface area contributed by atoms with Crippen molar-refractivity contribution in [2.75, 3.05) is 37.8 Å². The number of aliphatic hydroxyl groups excluding tert-OH is 2. The summed E-state index contributed by atoms with van der Waals surface area (Å²) in [4.78, 5) is 88.5. The lowest BCUT2D eigenvalue weighted by Crippen LogP contribution is -2.46. The quantitative estimate of drug-likeness (QED) is 0.0353. The van der Waals surface area contributed by atoms with Crippen molar-refractivity contribution in [3.8, 4) is 0 Å². The van der Waals surface area contributed by atoms with Gasteiger partial charge in [-0.05, 0) is 12.3 Å². The summed E-state index contributed by atoms with van der Waals surface area (Å²) in [6, 6.07) is 0. The van der Waals surface area contributed by atoms with Crippen LogP contribution >= 0.6 is 35.2 Å². The number of anilines is 1. The van der Waals surface area contributed by atoms with Crippen LogP contribution in [-0.2, 0) is 50.7 Å². The second-order valence-electron chi connectivity index (χ2n) is 16.9. The number of hydrogen-bond donors (Lipinski definition) is 9. The summed E-state index contributed by atoms with van der Waals surface area (Å²) >= 11 is 1.16. The number of aromatic nitrogens is 4. The molecule has 3 rings (SSSR count). The van der Waals surface area contributed by atoms with Crippen molar-refractivity contribution >= 4 is 69.1 Å². The van der Waals surface area contributed by atoms with Crippen molar-refractivity contribution in [3.63, 3.8) is 0 Å². The molecule has 0 radical (unpaired) electrons. The van der Waals surface area contributed by atoms with Gasteiger partial charge in [0.2, 0.25) is 11.8 Å². The minimum absolute atomic E-state index is 0.0336. The number of rotatable bonds is 33. The molecule has 28 heteroatoms. The molecule has 0 bridgehead atoms. The molecule has 2 amide bonds. The predicted octanol–water partition coefficient (Wildman–Crippen LogP) is 4.39. The van der Waals surface area contributed by atoms with E-state index in [2.05, 4.69) is 48.3 Å². The van der Waals surface area contributed by atoms with E-state index in [4.69, 9.17) is 19.5 Å². The van der Waals surface area contributed by atoms with E-state index in [1.807, 2.05) is 0 Å². The van der Waals surface area contributed by atoms with E-state index in [9.17, 15) is 57.9 Å².